The zero-order valence-electron chi connectivity index (χ0n) is 15.4. The second-order valence-electron chi connectivity index (χ2n) is 7.36. The molecule has 2 aliphatic heterocycles. The molecule has 4 rings (SSSR count). The van der Waals surface area contributed by atoms with E-state index in [2.05, 4.69) is 45.1 Å². The zero-order valence-corrected chi connectivity index (χ0v) is 15.4. The van der Waals surface area contributed by atoms with Crippen LogP contribution in [-0.4, -0.2) is 60.8 Å². The van der Waals surface area contributed by atoms with Gasteiger partial charge >= 0.3 is 0 Å². The molecule has 1 unspecified atom stereocenters. The predicted molar refractivity (Wildman–Crippen MR) is 103 cm³/mol. The third-order valence-electron chi connectivity index (χ3n) is 5.36. The van der Waals surface area contributed by atoms with E-state index in [1.54, 1.807) is 0 Å². The Morgan fingerprint density at radius 1 is 1.04 bits per heavy atom. The maximum atomic E-state index is 5.47. The highest BCUT2D eigenvalue weighted by Gasteiger charge is 2.24. The summed E-state index contributed by atoms with van der Waals surface area (Å²) in [6.45, 7) is 7.29. The summed E-state index contributed by atoms with van der Waals surface area (Å²) < 4.78 is 5.47. The predicted octanol–water partition coefficient (Wildman–Crippen LogP) is 2.62. The molecule has 1 aromatic heterocycles. The number of hydrogen-bond acceptors (Lipinski definition) is 5. The Labute approximate surface area is 156 Å². The lowest BCUT2D eigenvalue weighted by Gasteiger charge is -2.37. The lowest BCUT2D eigenvalue weighted by atomic mass is 9.97. The molecule has 2 aromatic rings. The summed E-state index contributed by atoms with van der Waals surface area (Å²) in [7, 11) is 0. The van der Waals surface area contributed by atoms with E-state index in [0.29, 0.717) is 0 Å². The van der Waals surface area contributed by atoms with Crippen LogP contribution < -0.4 is 4.90 Å². The molecular formula is C21H28N4O. The van der Waals surface area contributed by atoms with Crippen molar-refractivity contribution in [3.63, 3.8) is 0 Å². The monoisotopic (exact) mass is 352 g/mol. The first-order valence-electron chi connectivity index (χ1n) is 9.78. The van der Waals surface area contributed by atoms with Crippen molar-refractivity contribution in [2.75, 3.05) is 50.8 Å². The summed E-state index contributed by atoms with van der Waals surface area (Å²) in [6, 6.07) is 12.5. The first-order chi connectivity index (χ1) is 12.9. The number of nitrogens with zero attached hydrogens (tertiary/aromatic N) is 4. The van der Waals surface area contributed by atoms with E-state index in [0.717, 1.165) is 63.4 Å². The van der Waals surface area contributed by atoms with E-state index in [9.17, 15) is 0 Å². The number of rotatable bonds is 5. The lowest BCUT2D eigenvalue weighted by molar-refractivity contribution is 0.0296. The minimum absolute atomic E-state index is 0.717. The van der Waals surface area contributed by atoms with Gasteiger partial charge in [0.05, 0.1) is 13.2 Å². The normalized spacial score (nSPS) is 21.7. The van der Waals surface area contributed by atoms with Crippen molar-refractivity contribution >= 4 is 5.82 Å². The highest BCUT2D eigenvalue weighted by Crippen LogP contribution is 2.23. The molecule has 0 N–H and O–H groups in total. The molecular weight excluding hydrogens is 324 g/mol. The van der Waals surface area contributed by atoms with Gasteiger partial charge in [-0.05, 0) is 30.4 Å². The second-order valence-corrected chi connectivity index (χ2v) is 7.36. The van der Waals surface area contributed by atoms with E-state index < -0.39 is 0 Å². The van der Waals surface area contributed by atoms with Crippen molar-refractivity contribution in [1.82, 2.24) is 14.9 Å². The molecule has 5 nitrogen and oxygen atoms in total. The fourth-order valence-electron chi connectivity index (χ4n) is 4.00. The van der Waals surface area contributed by atoms with Gasteiger partial charge < -0.3 is 9.64 Å². The SMILES string of the molecule is c1ccc(Cc2nccc(N3CCCC(CN4CCOCC4)C3)n2)cc1. The number of ether oxygens (including phenoxy) is 1. The van der Waals surface area contributed by atoms with Crippen LogP contribution in [-0.2, 0) is 11.2 Å². The fraction of sp³-hybridized carbons (Fsp3) is 0.524. The van der Waals surface area contributed by atoms with Crippen LogP contribution in [0.3, 0.4) is 0 Å². The number of morpholine rings is 1. The molecule has 138 valence electrons. The molecule has 2 fully saturated rings. The van der Waals surface area contributed by atoms with E-state index in [1.165, 1.54) is 24.9 Å². The smallest absolute Gasteiger partial charge is 0.135 e. The van der Waals surface area contributed by atoms with E-state index >= 15 is 0 Å². The summed E-state index contributed by atoms with van der Waals surface area (Å²) >= 11 is 0. The third-order valence-corrected chi connectivity index (χ3v) is 5.36. The Hall–Kier alpha value is -1.98. The minimum Gasteiger partial charge on any atom is -0.379 e. The minimum atomic E-state index is 0.717. The first kappa shape index (κ1) is 17.4. The van der Waals surface area contributed by atoms with Crippen LogP contribution in [0.25, 0.3) is 0 Å². The molecule has 2 aliphatic rings. The van der Waals surface area contributed by atoms with Crippen molar-refractivity contribution in [1.29, 1.82) is 0 Å². The summed E-state index contributed by atoms with van der Waals surface area (Å²) in [5, 5.41) is 0. The van der Waals surface area contributed by atoms with E-state index in [-0.39, 0.29) is 0 Å². The van der Waals surface area contributed by atoms with Crippen LogP contribution in [0.15, 0.2) is 42.6 Å². The molecule has 26 heavy (non-hydrogen) atoms. The molecule has 3 heterocycles. The first-order valence-corrected chi connectivity index (χ1v) is 9.78. The Morgan fingerprint density at radius 2 is 1.88 bits per heavy atom. The molecule has 0 aliphatic carbocycles. The molecule has 1 atom stereocenters. The van der Waals surface area contributed by atoms with Crippen LogP contribution in [0.1, 0.15) is 24.2 Å². The third kappa shape index (κ3) is 4.59. The number of hydrogen-bond donors (Lipinski definition) is 0. The van der Waals surface area contributed by atoms with Crippen molar-refractivity contribution in [2.45, 2.75) is 19.3 Å². The largest absolute Gasteiger partial charge is 0.379 e. The van der Waals surface area contributed by atoms with Crippen molar-refractivity contribution < 1.29 is 4.74 Å². The summed E-state index contributed by atoms with van der Waals surface area (Å²) in [5.74, 6) is 2.70. The van der Waals surface area contributed by atoms with Gasteiger partial charge in [0.25, 0.3) is 0 Å². The maximum absolute atomic E-state index is 5.47. The lowest BCUT2D eigenvalue weighted by Crippen LogP contribution is -2.44. The number of benzene rings is 1. The van der Waals surface area contributed by atoms with Gasteiger partial charge in [0.1, 0.15) is 11.6 Å². The molecule has 2 saturated heterocycles. The topological polar surface area (TPSA) is 41.5 Å². The quantitative estimate of drug-likeness (QED) is 0.827. The van der Waals surface area contributed by atoms with Gasteiger partial charge in [0.15, 0.2) is 0 Å². The van der Waals surface area contributed by atoms with Crippen LogP contribution in [0, 0.1) is 5.92 Å². The van der Waals surface area contributed by atoms with Crippen LogP contribution >= 0.6 is 0 Å². The Kier molecular flexibility index (Phi) is 5.77. The van der Waals surface area contributed by atoms with E-state index in [4.69, 9.17) is 9.72 Å². The second kappa shape index (κ2) is 8.60. The number of aromatic nitrogens is 2. The van der Waals surface area contributed by atoms with Crippen LogP contribution in [0.2, 0.25) is 0 Å². The van der Waals surface area contributed by atoms with Gasteiger partial charge in [0, 0.05) is 45.3 Å². The number of anilines is 1. The zero-order chi connectivity index (χ0) is 17.6. The summed E-state index contributed by atoms with van der Waals surface area (Å²) in [4.78, 5) is 14.3. The average Bonchev–Trinajstić information content (AvgIpc) is 2.70. The van der Waals surface area contributed by atoms with Gasteiger partial charge in [-0.25, -0.2) is 9.97 Å². The van der Waals surface area contributed by atoms with Gasteiger partial charge in [0.2, 0.25) is 0 Å². The fourth-order valence-corrected chi connectivity index (χ4v) is 4.00. The molecule has 0 amide bonds. The van der Waals surface area contributed by atoms with Gasteiger partial charge in [-0.3, -0.25) is 4.90 Å². The molecule has 0 bridgehead atoms. The highest BCUT2D eigenvalue weighted by atomic mass is 16.5. The summed E-state index contributed by atoms with van der Waals surface area (Å²) in [5.41, 5.74) is 1.26. The van der Waals surface area contributed by atoms with Crippen LogP contribution in [0.4, 0.5) is 5.82 Å². The maximum Gasteiger partial charge on any atom is 0.135 e. The molecule has 0 radical (unpaired) electrons. The van der Waals surface area contributed by atoms with Gasteiger partial charge in [-0.2, -0.15) is 0 Å². The molecule has 0 saturated carbocycles. The Bertz CT molecular complexity index is 687. The Balaban J connectivity index is 1.39. The molecule has 1 aromatic carbocycles. The highest BCUT2D eigenvalue weighted by molar-refractivity contribution is 5.38. The van der Waals surface area contributed by atoms with E-state index in [1.807, 2.05) is 12.3 Å². The van der Waals surface area contributed by atoms with Crippen LogP contribution in [0.5, 0.6) is 0 Å². The Morgan fingerprint density at radius 3 is 2.73 bits per heavy atom. The molecule has 5 heteroatoms. The van der Waals surface area contributed by atoms with Crippen molar-refractivity contribution in [3.05, 3.63) is 54.0 Å². The summed E-state index contributed by atoms with van der Waals surface area (Å²) in [6.07, 6.45) is 5.26. The van der Waals surface area contributed by atoms with Gasteiger partial charge in [-0.15, -0.1) is 0 Å². The van der Waals surface area contributed by atoms with Gasteiger partial charge in [-0.1, -0.05) is 30.3 Å². The molecule has 0 spiro atoms. The van der Waals surface area contributed by atoms with Crippen molar-refractivity contribution in [2.24, 2.45) is 5.92 Å². The van der Waals surface area contributed by atoms with Crippen molar-refractivity contribution in [3.8, 4) is 0 Å². The average molecular weight is 352 g/mol. The standard InChI is InChI=1S/C21H28N4O/c1-2-5-18(6-3-1)15-20-22-9-8-21(23-20)25-10-4-7-19(17-25)16-24-11-13-26-14-12-24/h1-3,5-6,8-9,19H,4,7,10-17H2. The number of piperidine rings is 1.